The van der Waals surface area contributed by atoms with Crippen LogP contribution < -0.4 is 10.6 Å². The average molecular weight is 303 g/mol. The van der Waals surface area contributed by atoms with Gasteiger partial charge in [-0.15, -0.1) is 0 Å². The molecule has 0 fully saturated rings. The summed E-state index contributed by atoms with van der Waals surface area (Å²) in [7, 11) is 4.06. The molecule has 0 atom stereocenters. The third kappa shape index (κ3) is 6.89. The number of nitrogens with zero attached hydrogens (tertiary/aromatic N) is 1. The first-order chi connectivity index (χ1) is 9.77. The molecular formula is C19H30NP. The smallest absolute Gasteiger partial charge is 0.00206 e. The molecule has 0 saturated carbocycles. The van der Waals surface area contributed by atoms with E-state index in [0.717, 1.165) is 6.54 Å². The molecule has 0 aliphatic rings. The van der Waals surface area contributed by atoms with E-state index in [4.69, 9.17) is 0 Å². The zero-order chi connectivity index (χ0) is 14.8. The fourth-order valence-corrected chi connectivity index (χ4v) is 4.40. The molecule has 0 spiro atoms. The average Bonchev–Trinajstić information content (AvgIpc) is 2.51. The van der Waals surface area contributed by atoms with Crippen LogP contribution >= 0.6 is 7.92 Å². The Morgan fingerprint density at radius 1 is 0.762 bits per heavy atom. The Balaban J connectivity index is 0.00000128. The van der Waals surface area contributed by atoms with E-state index >= 15 is 0 Å². The van der Waals surface area contributed by atoms with Crippen molar-refractivity contribution in [2.24, 2.45) is 0 Å². The molecule has 116 valence electrons. The molecule has 0 heterocycles. The van der Waals surface area contributed by atoms with Crippen molar-refractivity contribution in [3.05, 3.63) is 60.7 Å². The largest absolute Gasteiger partial charge is 0.309 e. The third-order valence-corrected chi connectivity index (χ3v) is 5.40. The van der Waals surface area contributed by atoms with E-state index in [9.17, 15) is 0 Å². The summed E-state index contributed by atoms with van der Waals surface area (Å²) >= 11 is 0. The SMILES string of the molecule is C.CC.CN(C)CCP(c1ccccc1)c1ccccc1. The van der Waals surface area contributed by atoms with Gasteiger partial charge in [0.15, 0.2) is 0 Å². The molecule has 0 amide bonds. The summed E-state index contributed by atoms with van der Waals surface area (Å²) in [4.78, 5) is 2.27. The van der Waals surface area contributed by atoms with Crippen LogP contribution in [0.5, 0.6) is 0 Å². The molecule has 2 heteroatoms. The number of benzene rings is 2. The highest BCUT2D eigenvalue weighted by atomic mass is 31.1. The van der Waals surface area contributed by atoms with Gasteiger partial charge >= 0.3 is 0 Å². The van der Waals surface area contributed by atoms with Crippen molar-refractivity contribution in [1.29, 1.82) is 0 Å². The van der Waals surface area contributed by atoms with Crippen molar-refractivity contribution in [3.8, 4) is 0 Å². The highest BCUT2D eigenvalue weighted by Gasteiger charge is 2.12. The monoisotopic (exact) mass is 303 g/mol. The first kappa shape index (κ1) is 19.8. The summed E-state index contributed by atoms with van der Waals surface area (Å²) < 4.78 is 0. The number of rotatable bonds is 5. The molecule has 0 aliphatic heterocycles. The van der Waals surface area contributed by atoms with E-state index in [-0.39, 0.29) is 15.3 Å². The predicted molar refractivity (Wildman–Crippen MR) is 101 cm³/mol. The lowest BCUT2D eigenvalue weighted by Gasteiger charge is -2.20. The van der Waals surface area contributed by atoms with Gasteiger partial charge in [-0.1, -0.05) is 81.9 Å². The molecule has 0 radical (unpaired) electrons. The molecule has 0 N–H and O–H groups in total. The molecule has 2 aromatic carbocycles. The van der Waals surface area contributed by atoms with E-state index < -0.39 is 0 Å². The van der Waals surface area contributed by atoms with Crippen LogP contribution in [0.2, 0.25) is 0 Å². The van der Waals surface area contributed by atoms with Gasteiger partial charge in [0.05, 0.1) is 0 Å². The van der Waals surface area contributed by atoms with Crippen LogP contribution in [-0.4, -0.2) is 31.7 Å². The maximum atomic E-state index is 2.27. The van der Waals surface area contributed by atoms with Crippen LogP contribution in [0.25, 0.3) is 0 Å². The Bertz CT molecular complexity index is 414. The Morgan fingerprint density at radius 2 is 1.14 bits per heavy atom. The normalized spacial score (nSPS) is 9.81. The molecule has 2 aromatic rings. The highest BCUT2D eigenvalue weighted by Crippen LogP contribution is 2.32. The second kappa shape index (κ2) is 11.5. The molecular weight excluding hydrogens is 273 g/mol. The lowest BCUT2D eigenvalue weighted by atomic mass is 10.4. The van der Waals surface area contributed by atoms with Crippen LogP contribution in [0.3, 0.4) is 0 Å². The minimum Gasteiger partial charge on any atom is -0.309 e. The van der Waals surface area contributed by atoms with Gasteiger partial charge in [0.1, 0.15) is 0 Å². The second-order valence-corrected chi connectivity index (χ2v) is 6.96. The highest BCUT2D eigenvalue weighted by molar-refractivity contribution is 7.73. The van der Waals surface area contributed by atoms with E-state index in [0.29, 0.717) is 0 Å². The zero-order valence-electron chi connectivity index (χ0n) is 13.1. The van der Waals surface area contributed by atoms with Crippen molar-refractivity contribution in [2.75, 3.05) is 26.8 Å². The maximum absolute atomic E-state index is 2.27. The molecule has 0 aliphatic carbocycles. The fraction of sp³-hybridized carbons (Fsp3) is 0.368. The predicted octanol–water partition coefficient (Wildman–Crippen LogP) is 4.34. The lowest BCUT2D eigenvalue weighted by molar-refractivity contribution is 0.437. The van der Waals surface area contributed by atoms with Crippen molar-refractivity contribution in [2.45, 2.75) is 21.3 Å². The molecule has 2 rings (SSSR count). The minimum atomic E-state index is -0.225. The van der Waals surface area contributed by atoms with Gasteiger partial charge in [-0.3, -0.25) is 0 Å². The van der Waals surface area contributed by atoms with Gasteiger partial charge in [0, 0.05) is 6.54 Å². The van der Waals surface area contributed by atoms with E-state index in [2.05, 4.69) is 79.7 Å². The van der Waals surface area contributed by atoms with Gasteiger partial charge in [0.2, 0.25) is 0 Å². The molecule has 0 saturated heterocycles. The summed E-state index contributed by atoms with van der Waals surface area (Å²) in [6, 6.07) is 21.8. The number of hydrogen-bond acceptors (Lipinski definition) is 1. The summed E-state index contributed by atoms with van der Waals surface area (Å²) in [6.07, 6.45) is 1.22. The maximum Gasteiger partial charge on any atom is 0.00206 e. The van der Waals surface area contributed by atoms with Crippen LogP contribution in [0, 0.1) is 0 Å². The first-order valence-corrected chi connectivity index (χ1v) is 8.82. The quantitative estimate of drug-likeness (QED) is 0.743. The van der Waals surface area contributed by atoms with Gasteiger partial charge in [-0.25, -0.2) is 0 Å². The van der Waals surface area contributed by atoms with E-state index in [1.54, 1.807) is 0 Å². The topological polar surface area (TPSA) is 3.24 Å². The van der Waals surface area contributed by atoms with Crippen molar-refractivity contribution >= 4 is 18.5 Å². The van der Waals surface area contributed by atoms with Crippen molar-refractivity contribution in [3.63, 3.8) is 0 Å². The molecule has 21 heavy (non-hydrogen) atoms. The van der Waals surface area contributed by atoms with Gasteiger partial charge in [-0.2, -0.15) is 0 Å². The lowest BCUT2D eigenvalue weighted by Crippen LogP contribution is -2.22. The third-order valence-electron chi connectivity index (χ3n) is 2.91. The van der Waals surface area contributed by atoms with Crippen LogP contribution in [-0.2, 0) is 0 Å². The van der Waals surface area contributed by atoms with Gasteiger partial charge in [-0.05, 0) is 38.8 Å². The van der Waals surface area contributed by atoms with E-state index in [1.807, 2.05) is 13.8 Å². The van der Waals surface area contributed by atoms with Gasteiger partial charge < -0.3 is 4.90 Å². The Kier molecular flexibility index (Phi) is 10.8. The van der Waals surface area contributed by atoms with Crippen molar-refractivity contribution in [1.82, 2.24) is 4.90 Å². The molecule has 0 unspecified atom stereocenters. The van der Waals surface area contributed by atoms with Crippen LogP contribution in [0.1, 0.15) is 21.3 Å². The first-order valence-electron chi connectivity index (χ1n) is 7.30. The minimum absolute atomic E-state index is 0. The standard InChI is InChI=1S/C16H20NP.C2H6.CH4/c1-17(2)13-14-18(15-9-5-3-6-10-15)16-11-7-4-8-12-16;1-2;/h3-12H,13-14H2,1-2H3;1-2H3;1H4. The molecule has 1 nitrogen and oxygen atoms in total. The van der Waals surface area contributed by atoms with Crippen LogP contribution in [0.4, 0.5) is 0 Å². The number of hydrogen-bond donors (Lipinski definition) is 0. The summed E-state index contributed by atoms with van der Waals surface area (Å²) in [5.41, 5.74) is 0. The second-order valence-electron chi connectivity index (χ2n) is 4.63. The van der Waals surface area contributed by atoms with Gasteiger partial charge in [0.25, 0.3) is 0 Å². The Hall–Kier alpha value is -1.17. The summed E-state index contributed by atoms with van der Waals surface area (Å²) in [6.45, 7) is 5.13. The molecule has 0 aromatic heterocycles. The van der Waals surface area contributed by atoms with Crippen molar-refractivity contribution < 1.29 is 0 Å². The Morgan fingerprint density at radius 3 is 1.48 bits per heavy atom. The van der Waals surface area contributed by atoms with Crippen LogP contribution in [0.15, 0.2) is 60.7 Å². The summed E-state index contributed by atoms with van der Waals surface area (Å²) in [5, 5.41) is 2.95. The summed E-state index contributed by atoms with van der Waals surface area (Å²) in [5.74, 6) is 0. The fourth-order valence-electron chi connectivity index (χ4n) is 1.92. The Labute approximate surface area is 132 Å². The van der Waals surface area contributed by atoms with E-state index in [1.165, 1.54) is 16.8 Å². The zero-order valence-corrected chi connectivity index (χ0v) is 14.0. The molecule has 0 bridgehead atoms.